The van der Waals surface area contributed by atoms with Gasteiger partial charge in [0.2, 0.25) is 10.0 Å². The maximum atomic E-state index is 12.9. The number of halogens is 2. The summed E-state index contributed by atoms with van der Waals surface area (Å²) in [6.45, 7) is 4.24. The van der Waals surface area contributed by atoms with Gasteiger partial charge < -0.3 is 10.1 Å². The fourth-order valence-electron chi connectivity index (χ4n) is 3.13. The first kappa shape index (κ1) is 20.8. The van der Waals surface area contributed by atoms with Crippen LogP contribution in [-0.4, -0.2) is 34.2 Å². The minimum Gasteiger partial charge on any atom is -0.492 e. The smallest absolute Gasteiger partial charge is 0.244 e. The molecule has 0 bridgehead atoms. The van der Waals surface area contributed by atoms with Crippen molar-refractivity contribution >= 4 is 34.0 Å². The van der Waals surface area contributed by atoms with Crippen LogP contribution >= 0.6 is 24.0 Å². The third-order valence-corrected chi connectivity index (χ3v) is 6.73. The predicted octanol–water partition coefficient (Wildman–Crippen LogP) is 3.22. The van der Waals surface area contributed by atoms with Gasteiger partial charge in [0.25, 0.3) is 0 Å². The summed E-state index contributed by atoms with van der Waals surface area (Å²) in [5.41, 5.74) is 0. The molecule has 1 heterocycles. The van der Waals surface area contributed by atoms with Crippen molar-refractivity contribution in [2.45, 2.75) is 43.5 Å². The molecule has 2 N–H and O–H groups in total. The summed E-state index contributed by atoms with van der Waals surface area (Å²) >= 11 is 6.04. The van der Waals surface area contributed by atoms with Crippen LogP contribution < -0.4 is 14.8 Å². The van der Waals surface area contributed by atoms with E-state index in [0.717, 1.165) is 32.4 Å². The number of piperidine rings is 1. The van der Waals surface area contributed by atoms with Crippen molar-refractivity contribution in [1.82, 2.24) is 10.0 Å². The molecule has 1 aliphatic heterocycles. The van der Waals surface area contributed by atoms with Gasteiger partial charge in [0.05, 0.1) is 6.61 Å². The lowest BCUT2D eigenvalue weighted by Gasteiger charge is -2.30. The molecule has 0 amide bonds. The number of benzene rings is 1. The Morgan fingerprint density at radius 1 is 1.32 bits per heavy atom. The largest absolute Gasteiger partial charge is 0.492 e. The van der Waals surface area contributed by atoms with Crippen molar-refractivity contribution in [3.05, 3.63) is 23.2 Å². The van der Waals surface area contributed by atoms with E-state index in [1.54, 1.807) is 12.1 Å². The number of nitrogens with one attached hydrogen (secondary N) is 2. The SMILES string of the molecule is CC1CNCCC1NS(=O)(=O)c1cc(Cl)ccc1OCC1CCC1.Cl. The molecule has 8 heteroatoms. The molecule has 0 spiro atoms. The molecule has 5 nitrogen and oxygen atoms in total. The van der Waals surface area contributed by atoms with Crippen LogP contribution in [0.3, 0.4) is 0 Å². The number of ether oxygens (including phenoxy) is 1. The van der Waals surface area contributed by atoms with Crippen molar-refractivity contribution in [3.63, 3.8) is 0 Å². The minimum atomic E-state index is -3.67. The van der Waals surface area contributed by atoms with Gasteiger partial charge in [0.15, 0.2) is 0 Å². The maximum absolute atomic E-state index is 12.9. The number of hydrogen-bond acceptors (Lipinski definition) is 4. The summed E-state index contributed by atoms with van der Waals surface area (Å²) in [7, 11) is -3.67. The molecule has 1 saturated heterocycles. The summed E-state index contributed by atoms with van der Waals surface area (Å²) in [6, 6.07) is 4.73. The lowest BCUT2D eigenvalue weighted by molar-refractivity contribution is 0.177. The van der Waals surface area contributed by atoms with Crippen molar-refractivity contribution in [3.8, 4) is 5.75 Å². The Kier molecular flexibility index (Phi) is 7.40. The summed E-state index contributed by atoms with van der Waals surface area (Å²) in [6.07, 6.45) is 4.31. The van der Waals surface area contributed by atoms with Gasteiger partial charge in [0, 0.05) is 11.1 Å². The molecule has 3 rings (SSSR count). The van der Waals surface area contributed by atoms with Gasteiger partial charge in [-0.05, 0) is 62.4 Å². The molecule has 1 aromatic carbocycles. The van der Waals surface area contributed by atoms with E-state index in [1.165, 1.54) is 12.5 Å². The van der Waals surface area contributed by atoms with Crippen LogP contribution in [0.4, 0.5) is 0 Å². The zero-order chi connectivity index (χ0) is 17.2. The van der Waals surface area contributed by atoms with Crippen LogP contribution in [0, 0.1) is 11.8 Å². The molecule has 2 aliphatic rings. The second-order valence-electron chi connectivity index (χ2n) is 6.90. The van der Waals surface area contributed by atoms with E-state index in [4.69, 9.17) is 16.3 Å². The molecule has 2 atom stereocenters. The van der Waals surface area contributed by atoms with Crippen LogP contribution in [0.5, 0.6) is 5.75 Å². The van der Waals surface area contributed by atoms with Gasteiger partial charge in [-0.3, -0.25) is 0 Å². The number of hydrogen-bond donors (Lipinski definition) is 2. The Morgan fingerprint density at radius 3 is 2.72 bits per heavy atom. The molecular weight excluding hydrogens is 383 g/mol. The Morgan fingerprint density at radius 2 is 2.08 bits per heavy atom. The average molecular weight is 409 g/mol. The topological polar surface area (TPSA) is 67.4 Å². The zero-order valence-electron chi connectivity index (χ0n) is 14.3. The van der Waals surface area contributed by atoms with E-state index in [1.807, 2.05) is 6.92 Å². The lowest BCUT2D eigenvalue weighted by atomic mass is 9.86. The van der Waals surface area contributed by atoms with E-state index in [-0.39, 0.29) is 29.3 Å². The first-order valence-electron chi connectivity index (χ1n) is 8.61. The summed E-state index contributed by atoms with van der Waals surface area (Å²) < 4.78 is 34.4. The van der Waals surface area contributed by atoms with Gasteiger partial charge in [-0.1, -0.05) is 24.9 Å². The average Bonchev–Trinajstić information content (AvgIpc) is 2.49. The molecule has 2 unspecified atom stereocenters. The van der Waals surface area contributed by atoms with Crippen molar-refractivity contribution < 1.29 is 13.2 Å². The maximum Gasteiger partial charge on any atom is 0.244 e. The molecule has 142 valence electrons. The summed E-state index contributed by atoms with van der Waals surface area (Å²) in [5, 5.41) is 3.67. The van der Waals surface area contributed by atoms with E-state index in [0.29, 0.717) is 23.3 Å². The fourth-order valence-corrected chi connectivity index (χ4v) is 4.92. The molecule has 25 heavy (non-hydrogen) atoms. The zero-order valence-corrected chi connectivity index (χ0v) is 16.7. The third-order valence-electron chi connectivity index (χ3n) is 4.99. The molecule has 1 saturated carbocycles. The minimum absolute atomic E-state index is 0. The van der Waals surface area contributed by atoms with E-state index in [2.05, 4.69) is 10.0 Å². The number of sulfonamides is 1. The van der Waals surface area contributed by atoms with Gasteiger partial charge >= 0.3 is 0 Å². The quantitative estimate of drug-likeness (QED) is 0.757. The van der Waals surface area contributed by atoms with Crippen LogP contribution in [0.1, 0.15) is 32.6 Å². The van der Waals surface area contributed by atoms with Gasteiger partial charge in [0.1, 0.15) is 10.6 Å². The second kappa shape index (κ2) is 8.91. The summed E-state index contributed by atoms with van der Waals surface area (Å²) in [4.78, 5) is 0.139. The first-order chi connectivity index (χ1) is 11.5. The molecular formula is C17H26Cl2N2O3S. The van der Waals surface area contributed by atoms with E-state index < -0.39 is 10.0 Å². The fraction of sp³-hybridized carbons (Fsp3) is 0.647. The third kappa shape index (κ3) is 5.23. The van der Waals surface area contributed by atoms with Gasteiger partial charge in [-0.15, -0.1) is 12.4 Å². The van der Waals surface area contributed by atoms with Gasteiger partial charge in [-0.2, -0.15) is 0 Å². The standard InChI is InChI=1S/C17H25ClN2O3S.ClH/c1-12-10-19-8-7-15(12)20-24(21,22)17-9-14(18)5-6-16(17)23-11-13-3-2-4-13;/h5-6,9,12-13,15,19-20H,2-4,7-8,10-11H2,1H3;1H. The highest BCUT2D eigenvalue weighted by molar-refractivity contribution is 7.89. The van der Waals surface area contributed by atoms with E-state index in [9.17, 15) is 8.42 Å². The molecule has 0 radical (unpaired) electrons. The molecule has 1 aliphatic carbocycles. The number of rotatable bonds is 6. The van der Waals surface area contributed by atoms with Crippen molar-refractivity contribution in [2.24, 2.45) is 11.8 Å². The Bertz CT molecular complexity index is 680. The van der Waals surface area contributed by atoms with Gasteiger partial charge in [-0.25, -0.2) is 13.1 Å². The van der Waals surface area contributed by atoms with Crippen molar-refractivity contribution in [1.29, 1.82) is 0 Å². The second-order valence-corrected chi connectivity index (χ2v) is 9.02. The lowest BCUT2D eigenvalue weighted by Crippen LogP contribution is -2.48. The Hall–Kier alpha value is -0.530. The normalized spacial score (nSPS) is 24.2. The highest BCUT2D eigenvalue weighted by Gasteiger charge is 2.29. The van der Waals surface area contributed by atoms with E-state index >= 15 is 0 Å². The van der Waals surface area contributed by atoms with Crippen LogP contribution in [0.2, 0.25) is 5.02 Å². The molecule has 1 aromatic rings. The predicted molar refractivity (Wildman–Crippen MR) is 102 cm³/mol. The van der Waals surface area contributed by atoms with Crippen LogP contribution in [0.25, 0.3) is 0 Å². The monoisotopic (exact) mass is 408 g/mol. The molecule has 0 aromatic heterocycles. The summed E-state index contributed by atoms with van der Waals surface area (Å²) in [5.74, 6) is 1.17. The van der Waals surface area contributed by atoms with Crippen LogP contribution in [-0.2, 0) is 10.0 Å². The Labute approximate surface area is 161 Å². The van der Waals surface area contributed by atoms with Crippen LogP contribution in [0.15, 0.2) is 23.1 Å². The highest BCUT2D eigenvalue weighted by Crippen LogP contribution is 2.31. The van der Waals surface area contributed by atoms with Crippen molar-refractivity contribution in [2.75, 3.05) is 19.7 Å². The highest BCUT2D eigenvalue weighted by atomic mass is 35.5. The first-order valence-corrected chi connectivity index (χ1v) is 10.5. The Balaban J connectivity index is 0.00000225. The molecule has 2 fully saturated rings.